The smallest absolute Gasteiger partial charge is 0.124 e. The zero-order valence-electron chi connectivity index (χ0n) is 6.18. The average Bonchev–Trinajstić information content (AvgIpc) is 2.28. The highest BCUT2D eigenvalue weighted by atomic mass is 16.5. The largest absolute Gasteiger partial charge is 0.362 e. The lowest BCUT2D eigenvalue weighted by Crippen LogP contribution is -2.37. The van der Waals surface area contributed by atoms with Crippen LogP contribution in [0, 0.1) is 0 Å². The first-order valence-corrected chi connectivity index (χ1v) is 4.08. The molecule has 0 aromatic carbocycles. The van der Waals surface area contributed by atoms with Crippen LogP contribution in [0.2, 0.25) is 0 Å². The van der Waals surface area contributed by atoms with Crippen molar-refractivity contribution >= 4 is 0 Å². The Morgan fingerprint density at radius 2 is 2.40 bits per heavy atom. The van der Waals surface area contributed by atoms with E-state index in [0.717, 1.165) is 26.1 Å². The topological polar surface area (TPSA) is 24.5 Å². The predicted molar refractivity (Wildman–Crippen MR) is 38.3 cm³/mol. The van der Waals surface area contributed by atoms with E-state index in [9.17, 15) is 0 Å². The molecular weight excluding hydrogens is 128 g/mol. The van der Waals surface area contributed by atoms with Gasteiger partial charge in [-0.15, -0.1) is 0 Å². The Bertz CT molecular complexity index is 106. The van der Waals surface area contributed by atoms with E-state index in [4.69, 9.17) is 4.74 Å². The second-order valence-corrected chi connectivity index (χ2v) is 2.92. The number of nitrogens with one attached hydrogen (secondary N) is 1. The van der Waals surface area contributed by atoms with Crippen molar-refractivity contribution in [3.8, 4) is 0 Å². The Labute approximate surface area is 61.3 Å². The molecule has 0 spiro atoms. The summed E-state index contributed by atoms with van der Waals surface area (Å²) in [7, 11) is 0. The molecule has 2 heterocycles. The molecule has 2 saturated heterocycles. The molecule has 1 unspecified atom stereocenters. The minimum Gasteiger partial charge on any atom is -0.362 e. The Balaban J connectivity index is 1.95. The lowest BCUT2D eigenvalue weighted by molar-refractivity contribution is -0.0342. The number of fused-ring (bicyclic) bond motifs is 1. The van der Waals surface area contributed by atoms with E-state index < -0.39 is 0 Å². The third-order valence-electron chi connectivity index (χ3n) is 2.16. The molecule has 0 radical (unpaired) electrons. The molecule has 0 saturated carbocycles. The van der Waals surface area contributed by atoms with E-state index in [1.165, 1.54) is 12.8 Å². The quantitative estimate of drug-likeness (QED) is 0.527. The molecule has 1 atom stereocenters. The zero-order valence-corrected chi connectivity index (χ0v) is 6.18. The number of hydrazine groups is 1. The molecule has 0 amide bonds. The van der Waals surface area contributed by atoms with Gasteiger partial charge in [-0.05, 0) is 12.8 Å². The molecule has 0 aromatic rings. The van der Waals surface area contributed by atoms with Crippen LogP contribution in [0.4, 0.5) is 0 Å². The summed E-state index contributed by atoms with van der Waals surface area (Å²) >= 11 is 0. The first-order chi connectivity index (χ1) is 4.97. The molecule has 10 heavy (non-hydrogen) atoms. The first kappa shape index (κ1) is 6.58. The zero-order chi connectivity index (χ0) is 6.81. The highest BCUT2D eigenvalue weighted by molar-refractivity contribution is 4.70. The van der Waals surface area contributed by atoms with E-state index in [1.807, 2.05) is 0 Å². The summed E-state index contributed by atoms with van der Waals surface area (Å²) in [4.78, 5) is 0. The average molecular weight is 142 g/mol. The molecule has 3 nitrogen and oxygen atoms in total. The Morgan fingerprint density at radius 3 is 3.40 bits per heavy atom. The van der Waals surface area contributed by atoms with Crippen LogP contribution in [0.1, 0.15) is 19.3 Å². The van der Waals surface area contributed by atoms with Gasteiger partial charge in [-0.3, -0.25) is 5.43 Å². The van der Waals surface area contributed by atoms with Crippen molar-refractivity contribution in [3.05, 3.63) is 0 Å². The van der Waals surface area contributed by atoms with Crippen molar-refractivity contribution in [2.24, 2.45) is 0 Å². The molecule has 2 aliphatic rings. The monoisotopic (exact) mass is 142 g/mol. The van der Waals surface area contributed by atoms with Crippen molar-refractivity contribution in [2.75, 3.05) is 19.7 Å². The van der Waals surface area contributed by atoms with Gasteiger partial charge in [0.05, 0.1) is 0 Å². The molecule has 2 rings (SSSR count). The summed E-state index contributed by atoms with van der Waals surface area (Å²) in [5.41, 5.74) is 3.31. The van der Waals surface area contributed by atoms with Crippen molar-refractivity contribution in [2.45, 2.75) is 25.5 Å². The molecular formula is C7H14N2O. The van der Waals surface area contributed by atoms with Crippen molar-refractivity contribution in [1.82, 2.24) is 10.4 Å². The van der Waals surface area contributed by atoms with Gasteiger partial charge >= 0.3 is 0 Å². The lowest BCUT2D eigenvalue weighted by atomic mass is 10.3. The lowest BCUT2D eigenvalue weighted by Gasteiger charge is -2.19. The summed E-state index contributed by atoms with van der Waals surface area (Å²) in [6.45, 7) is 3.19. The molecule has 0 bridgehead atoms. The standard InChI is InChI=1S/C7H14N2O/c1-2-6-10-7-3-4-8-9(7)5-1/h7-8H,1-6H2. The van der Waals surface area contributed by atoms with Gasteiger partial charge in [0, 0.05) is 26.1 Å². The minimum absolute atomic E-state index is 0.377. The second kappa shape index (κ2) is 2.86. The number of nitrogens with zero attached hydrogens (tertiary/aromatic N) is 1. The number of ether oxygens (including phenoxy) is 1. The van der Waals surface area contributed by atoms with Gasteiger partial charge in [-0.2, -0.15) is 0 Å². The van der Waals surface area contributed by atoms with Crippen LogP contribution in [-0.2, 0) is 4.74 Å². The van der Waals surface area contributed by atoms with E-state index in [0.29, 0.717) is 6.23 Å². The summed E-state index contributed by atoms with van der Waals surface area (Å²) in [6.07, 6.45) is 4.01. The fourth-order valence-corrected chi connectivity index (χ4v) is 1.59. The molecule has 0 aliphatic carbocycles. The number of rotatable bonds is 0. The Morgan fingerprint density at radius 1 is 1.40 bits per heavy atom. The van der Waals surface area contributed by atoms with Gasteiger partial charge in [-0.25, -0.2) is 5.01 Å². The van der Waals surface area contributed by atoms with Gasteiger partial charge in [-0.1, -0.05) is 0 Å². The minimum atomic E-state index is 0.377. The Kier molecular flexibility index (Phi) is 1.88. The number of hydrogen-bond acceptors (Lipinski definition) is 3. The molecule has 0 aromatic heterocycles. The van der Waals surface area contributed by atoms with Crippen LogP contribution in [0.5, 0.6) is 0 Å². The fraction of sp³-hybridized carbons (Fsp3) is 1.00. The van der Waals surface area contributed by atoms with Crippen LogP contribution < -0.4 is 5.43 Å². The van der Waals surface area contributed by atoms with E-state index in [-0.39, 0.29) is 0 Å². The molecule has 1 N–H and O–H groups in total. The Hall–Kier alpha value is -0.120. The summed E-state index contributed by atoms with van der Waals surface area (Å²) in [5.74, 6) is 0. The van der Waals surface area contributed by atoms with Gasteiger partial charge in [0.1, 0.15) is 6.23 Å². The van der Waals surface area contributed by atoms with Crippen molar-refractivity contribution < 1.29 is 4.74 Å². The van der Waals surface area contributed by atoms with E-state index >= 15 is 0 Å². The van der Waals surface area contributed by atoms with Crippen LogP contribution in [0.3, 0.4) is 0 Å². The van der Waals surface area contributed by atoms with Gasteiger partial charge in [0.25, 0.3) is 0 Å². The van der Waals surface area contributed by atoms with Gasteiger partial charge in [0.15, 0.2) is 0 Å². The highest BCUT2D eigenvalue weighted by Gasteiger charge is 2.25. The summed E-state index contributed by atoms with van der Waals surface area (Å²) in [5, 5.41) is 2.23. The number of hydrogen-bond donors (Lipinski definition) is 1. The maximum atomic E-state index is 5.59. The first-order valence-electron chi connectivity index (χ1n) is 4.08. The van der Waals surface area contributed by atoms with Crippen LogP contribution >= 0.6 is 0 Å². The molecule has 2 aliphatic heterocycles. The van der Waals surface area contributed by atoms with Crippen LogP contribution in [0.25, 0.3) is 0 Å². The summed E-state index contributed by atoms with van der Waals surface area (Å²) in [6, 6.07) is 0. The van der Waals surface area contributed by atoms with Crippen LogP contribution in [-0.4, -0.2) is 30.9 Å². The molecule has 2 fully saturated rings. The van der Waals surface area contributed by atoms with Crippen molar-refractivity contribution in [1.29, 1.82) is 0 Å². The normalized spacial score (nSPS) is 35.4. The maximum absolute atomic E-state index is 5.59. The van der Waals surface area contributed by atoms with E-state index in [1.54, 1.807) is 0 Å². The van der Waals surface area contributed by atoms with Gasteiger partial charge in [0.2, 0.25) is 0 Å². The SMILES string of the molecule is C1CCN2NCCC2OC1. The van der Waals surface area contributed by atoms with Gasteiger partial charge < -0.3 is 4.74 Å². The fourth-order valence-electron chi connectivity index (χ4n) is 1.59. The summed E-state index contributed by atoms with van der Waals surface area (Å²) < 4.78 is 5.59. The molecule has 3 heteroatoms. The highest BCUT2D eigenvalue weighted by Crippen LogP contribution is 2.14. The van der Waals surface area contributed by atoms with Crippen molar-refractivity contribution in [3.63, 3.8) is 0 Å². The van der Waals surface area contributed by atoms with Crippen LogP contribution in [0.15, 0.2) is 0 Å². The third-order valence-corrected chi connectivity index (χ3v) is 2.16. The maximum Gasteiger partial charge on any atom is 0.124 e. The molecule has 58 valence electrons. The third kappa shape index (κ3) is 1.17. The predicted octanol–water partition coefficient (Wildman–Crippen LogP) is 0.333. The van der Waals surface area contributed by atoms with E-state index in [2.05, 4.69) is 10.4 Å². The second-order valence-electron chi connectivity index (χ2n) is 2.92.